The van der Waals surface area contributed by atoms with E-state index in [-0.39, 0.29) is 12.8 Å². The van der Waals surface area contributed by atoms with E-state index in [0.29, 0.717) is 12.4 Å². The average Bonchev–Trinajstić information content (AvgIpc) is 2.55. The van der Waals surface area contributed by atoms with Crippen molar-refractivity contribution in [2.75, 3.05) is 0 Å². The summed E-state index contributed by atoms with van der Waals surface area (Å²) < 4.78 is 5.67. The molecule has 1 atom stereocenters. The Morgan fingerprint density at radius 1 is 1.05 bits per heavy atom. The molecule has 0 aliphatic carbocycles. The second-order valence-electron chi connectivity index (χ2n) is 5.29. The highest BCUT2D eigenvalue weighted by Gasteiger charge is 2.33. The van der Waals surface area contributed by atoms with Crippen LogP contribution in [0.15, 0.2) is 54.6 Å². The average molecular weight is 300 g/mol. The molecule has 4 heteroatoms. The summed E-state index contributed by atoms with van der Waals surface area (Å²) in [6, 6.07) is 17.0. The molecule has 0 amide bonds. The second kappa shape index (κ2) is 7.09. The normalized spacial score (nSPS) is 13.4. The summed E-state index contributed by atoms with van der Waals surface area (Å²) in [5, 5.41) is 19.1. The molecule has 0 bridgehead atoms. The van der Waals surface area contributed by atoms with Gasteiger partial charge in [-0.25, -0.2) is 4.79 Å². The van der Waals surface area contributed by atoms with Crippen molar-refractivity contribution in [1.82, 2.24) is 0 Å². The highest BCUT2D eigenvalue weighted by molar-refractivity contribution is 5.77. The van der Waals surface area contributed by atoms with E-state index >= 15 is 0 Å². The number of ether oxygens (including phenoxy) is 1. The van der Waals surface area contributed by atoms with Crippen LogP contribution in [0.4, 0.5) is 0 Å². The van der Waals surface area contributed by atoms with Gasteiger partial charge in [-0.2, -0.15) is 0 Å². The van der Waals surface area contributed by atoms with Gasteiger partial charge in [-0.3, -0.25) is 0 Å². The molecule has 2 aromatic rings. The zero-order valence-corrected chi connectivity index (χ0v) is 12.5. The number of carboxylic acids is 1. The van der Waals surface area contributed by atoms with Gasteiger partial charge in [-0.05, 0) is 29.7 Å². The Hall–Kier alpha value is -2.33. The summed E-state index contributed by atoms with van der Waals surface area (Å²) in [6.07, 6.45) is 0.242. The van der Waals surface area contributed by atoms with E-state index in [4.69, 9.17) is 9.84 Å². The predicted octanol–water partition coefficient (Wildman–Crippen LogP) is 3.03. The molecular weight excluding hydrogens is 280 g/mol. The van der Waals surface area contributed by atoms with Gasteiger partial charge in [0.05, 0.1) is 0 Å². The lowest BCUT2D eigenvalue weighted by atomic mass is 9.92. The molecule has 0 spiro atoms. The van der Waals surface area contributed by atoms with Crippen LogP contribution in [0.1, 0.15) is 24.5 Å². The molecular formula is C18H20O4. The van der Waals surface area contributed by atoms with E-state index in [2.05, 4.69) is 0 Å². The molecule has 2 rings (SSSR count). The fourth-order valence-corrected chi connectivity index (χ4v) is 2.13. The van der Waals surface area contributed by atoms with Crippen molar-refractivity contribution in [2.24, 2.45) is 0 Å². The van der Waals surface area contributed by atoms with Crippen LogP contribution in [0, 0.1) is 0 Å². The van der Waals surface area contributed by atoms with Gasteiger partial charge in [0.2, 0.25) is 0 Å². The Morgan fingerprint density at radius 2 is 1.68 bits per heavy atom. The Labute approximate surface area is 130 Å². The minimum atomic E-state index is -1.72. The van der Waals surface area contributed by atoms with Gasteiger partial charge in [-0.15, -0.1) is 0 Å². The van der Waals surface area contributed by atoms with E-state index < -0.39 is 11.6 Å². The molecule has 116 valence electrons. The summed E-state index contributed by atoms with van der Waals surface area (Å²) in [7, 11) is 0. The standard InChI is InChI=1S/C18H20O4/c1-2-18(21,17(19)20)12-14-8-10-16(11-9-14)22-13-15-6-4-3-5-7-15/h3-11,21H,2,12-13H2,1H3,(H,19,20)/t18-/m0/s1. The lowest BCUT2D eigenvalue weighted by Crippen LogP contribution is -2.40. The summed E-state index contributed by atoms with van der Waals surface area (Å²) in [4.78, 5) is 11.1. The van der Waals surface area contributed by atoms with Gasteiger partial charge in [0, 0.05) is 6.42 Å². The first kappa shape index (κ1) is 16.0. The fraction of sp³-hybridized carbons (Fsp3) is 0.278. The maximum absolute atomic E-state index is 11.1. The summed E-state index contributed by atoms with van der Waals surface area (Å²) in [5.41, 5.74) is 0.128. The molecule has 2 N–H and O–H groups in total. The van der Waals surface area contributed by atoms with Crippen molar-refractivity contribution in [3.63, 3.8) is 0 Å². The van der Waals surface area contributed by atoms with Crippen LogP contribution in [0.25, 0.3) is 0 Å². The predicted molar refractivity (Wildman–Crippen MR) is 83.8 cm³/mol. The summed E-state index contributed by atoms with van der Waals surface area (Å²) in [5.74, 6) is -0.484. The minimum Gasteiger partial charge on any atom is -0.489 e. The van der Waals surface area contributed by atoms with Gasteiger partial charge < -0.3 is 14.9 Å². The lowest BCUT2D eigenvalue weighted by molar-refractivity contribution is -0.158. The van der Waals surface area contributed by atoms with Gasteiger partial charge in [-0.1, -0.05) is 49.4 Å². The zero-order valence-electron chi connectivity index (χ0n) is 12.5. The molecule has 0 aliphatic rings. The van der Waals surface area contributed by atoms with Gasteiger partial charge in [0.15, 0.2) is 5.60 Å². The molecule has 2 aromatic carbocycles. The molecule has 0 fully saturated rings. The van der Waals surface area contributed by atoms with Crippen molar-refractivity contribution < 1.29 is 19.7 Å². The van der Waals surface area contributed by atoms with E-state index in [0.717, 1.165) is 11.1 Å². The SMILES string of the molecule is CC[C@](O)(Cc1ccc(OCc2ccccc2)cc1)C(=O)O. The molecule has 0 saturated heterocycles. The number of hydrogen-bond donors (Lipinski definition) is 2. The van der Waals surface area contributed by atoms with Crippen LogP contribution in [0.5, 0.6) is 5.75 Å². The highest BCUT2D eigenvalue weighted by atomic mass is 16.5. The van der Waals surface area contributed by atoms with E-state index in [9.17, 15) is 9.90 Å². The van der Waals surface area contributed by atoms with Gasteiger partial charge >= 0.3 is 5.97 Å². The Morgan fingerprint density at radius 3 is 2.23 bits per heavy atom. The van der Waals surface area contributed by atoms with Crippen molar-refractivity contribution in [3.05, 3.63) is 65.7 Å². The maximum Gasteiger partial charge on any atom is 0.336 e. The third-order valence-electron chi connectivity index (χ3n) is 3.65. The molecule has 22 heavy (non-hydrogen) atoms. The monoisotopic (exact) mass is 300 g/mol. The number of aliphatic hydroxyl groups is 1. The fourth-order valence-electron chi connectivity index (χ4n) is 2.13. The molecule has 0 radical (unpaired) electrons. The first-order valence-corrected chi connectivity index (χ1v) is 7.25. The van der Waals surface area contributed by atoms with Crippen LogP contribution in [-0.2, 0) is 17.8 Å². The number of aliphatic carboxylic acids is 1. The molecule has 0 unspecified atom stereocenters. The van der Waals surface area contributed by atoms with Crippen LogP contribution in [-0.4, -0.2) is 21.8 Å². The minimum absolute atomic E-state index is 0.0811. The molecule has 0 aliphatic heterocycles. The molecule has 4 nitrogen and oxygen atoms in total. The summed E-state index contributed by atoms with van der Waals surface area (Å²) >= 11 is 0. The lowest BCUT2D eigenvalue weighted by Gasteiger charge is -2.21. The third-order valence-corrected chi connectivity index (χ3v) is 3.65. The summed E-state index contributed by atoms with van der Waals surface area (Å²) in [6.45, 7) is 2.14. The number of carbonyl (C=O) groups is 1. The third kappa shape index (κ3) is 4.09. The number of hydrogen-bond acceptors (Lipinski definition) is 3. The largest absolute Gasteiger partial charge is 0.489 e. The Bertz CT molecular complexity index is 607. The molecule has 0 aromatic heterocycles. The van der Waals surface area contributed by atoms with Crippen LogP contribution >= 0.6 is 0 Å². The highest BCUT2D eigenvalue weighted by Crippen LogP contribution is 2.20. The zero-order chi connectivity index (χ0) is 16.0. The maximum atomic E-state index is 11.1. The van der Waals surface area contributed by atoms with E-state index in [1.54, 1.807) is 31.2 Å². The van der Waals surface area contributed by atoms with Crippen molar-refractivity contribution in [2.45, 2.75) is 32.0 Å². The Balaban J connectivity index is 1.97. The number of carboxylic acid groups (broad SMARTS) is 1. The molecule has 0 heterocycles. The van der Waals surface area contributed by atoms with Crippen molar-refractivity contribution in [1.29, 1.82) is 0 Å². The smallest absolute Gasteiger partial charge is 0.336 e. The van der Waals surface area contributed by atoms with Gasteiger partial charge in [0.25, 0.3) is 0 Å². The van der Waals surface area contributed by atoms with Crippen LogP contribution in [0.3, 0.4) is 0 Å². The second-order valence-corrected chi connectivity index (χ2v) is 5.29. The first-order chi connectivity index (χ1) is 10.5. The van der Waals surface area contributed by atoms with Gasteiger partial charge in [0.1, 0.15) is 12.4 Å². The van der Waals surface area contributed by atoms with Crippen molar-refractivity contribution in [3.8, 4) is 5.75 Å². The first-order valence-electron chi connectivity index (χ1n) is 7.25. The quantitative estimate of drug-likeness (QED) is 0.825. The topological polar surface area (TPSA) is 66.8 Å². The van der Waals surface area contributed by atoms with Crippen LogP contribution < -0.4 is 4.74 Å². The van der Waals surface area contributed by atoms with E-state index in [1.165, 1.54) is 0 Å². The van der Waals surface area contributed by atoms with E-state index in [1.807, 2.05) is 30.3 Å². The van der Waals surface area contributed by atoms with Crippen molar-refractivity contribution >= 4 is 5.97 Å². The Kier molecular flexibility index (Phi) is 5.17. The molecule has 0 saturated carbocycles. The van der Waals surface area contributed by atoms with Crippen LogP contribution in [0.2, 0.25) is 0 Å². The number of rotatable bonds is 7. The number of benzene rings is 2.